The maximum Gasteiger partial charge on any atom is 0.127 e. The van der Waals surface area contributed by atoms with Gasteiger partial charge in [0.1, 0.15) is 5.82 Å². The van der Waals surface area contributed by atoms with Crippen LogP contribution >= 0.6 is 23.2 Å². The molecule has 2 rings (SSSR count). The third-order valence-electron chi connectivity index (χ3n) is 2.83. The molecule has 1 atom stereocenters. The Balaban J connectivity index is 2.67. The van der Waals surface area contributed by atoms with Crippen LogP contribution in [0.4, 0.5) is 4.39 Å². The smallest absolute Gasteiger partial charge is 0.127 e. The van der Waals surface area contributed by atoms with Crippen molar-refractivity contribution in [2.24, 2.45) is 0 Å². The summed E-state index contributed by atoms with van der Waals surface area (Å²) in [5.41, 5.74) is 2.61. The summed E-state index contributed by atoms with van der Waals surface area (Å²) in [4.78, 5) is 0. The first kappa shape index (κ1) is 10.3. The van der Waals surface area contributed by atoms with Crippen molar-refractivity contribution in [3.63, 3.8) is 0 Å². The second-order valence-electron chi connectivity index (χ2n) is 3.72. The third kappa shape index (κ3) is 1.53. The zero-order valence-electron chi connectivity index (χ0n) is 7.91. The van der Waals surface area contributed by atoms with Gasteiger partial charge in [-0.3, -0.25) is 0 Å². The van der Waals surface area contributed by atoms with Crippen LogP contribution in [-0.2, 0) is 6.42 Å². The molecule has 1 aliphatic rings. The first-order chi connectivity index (χ1) is 6.61. The number of benzene rings is 1. The van der Waals surface area contributed by atoms with Gasteiger partial charge in [0, 0.05) is 5.02 Å². The lowest BCUT2D eigenvalue weighted by atomic mass is 9.88. The Morgan fingerprint density at radius 2 is 2.21 bits per heavy atom. The summed E-state index contributed by atoms with van der Waals surface area (Å²) in [6, 6.07) is 1.39. The fourth-order valence-corrected chi connectivity index (χ4v) is 2.81. The van der Waals surface area contributed by atoms with Gasteiger partial charge in [-0.2, -0.15) is 0 Å². The quantitative estimate of drug-likeness (QED) is 0.582. The Morgan fingerprint density at radius 1 is 1.50 bits per heavy atom. The van der Waals surface area contributed by atoms with Gasteiger partial charge in [-0.15, -0.1) is 11.6 Å². The Labute approximate surface area is 93.0 Å². The normalized spacial score (nSPS) is 20.7. The van der Waals surface area contributed by atoms with Crippen molar-refractivity contribution in [3.05, 3.63) is 33.6 Å². The lowest BCUT2D eigenvalue weighted by Gasteiger charge is -2.24. The number of fused-ring (bicyclic) bond motifs is 1. The summed E-state index contributed by atoms with van der Waals surface area (Å²) >= 11 is 12.2. The van der Waals surface area contributed by atoms with E-state index in [0.29, 0.717) is 10.6 Å². The zero-order chi connectivity index (χ0) is 10.3. The first-order valence-corrected chi connectivity index (χ1v) is 5.54. The topological polar surface area (TPSA) is 0 Å². The summed E-state index contributed by atoms with van der Waals surface area (Å²) in [5.74, 6) is -0.249. The monoisotopic (exact) mass is 232 g/mol. The van der Waals surface area contributed by atoms with Gasteiger partial charge in [-0.25, -0.2) is 4.39 Å². The van der Waals surface area contributed by atoms with Crippen molar-refractivity contribution in [1.82, 2.24) is 0 Å². The molecule has 0 aliphatic heterocycles. The van der Waals surface area contributed by atoms with Gasteiger partial charge in [0.05, 0.1) is 5.38 Å². The molecular formula is C11H11Cl2F. The summed E-state index contributed by atoms with van der Waals surface area (Å²) in [5, 5.41) is 0.445. The number of alkyl halides is 1. The fourth-order valence-electron chi connectivity index (χ4n) is 2.07. The zero-order valence-corrected chi connectivity index (χ0v) is 9.42. The summed E-state index contributed by atoms with van der Waals surface area (Å²) in [6.45, 7) is 1.77. The molecule has 0 amide bonds. The first-order valence-electron chi connectivity index (χ1n) is 4.72. The largest absolute Gasteiger partial charge is 0.207 e. The van der Waals surface area contributed by atoms with Gasteiger partial charge in [0.25, 0.3) is 0 Å². The highest BCUT2D eigenvalue weighted by Crippen LogP contribution is 2.40. The van der Waals surface area contributed by atoms with Gasteiger partial charge < -0.3 is 0 Å². The molecule has 1 aromatic rings. The molecule has 0 N–H and O–H groups in total. The molecule has 0 spiro atoms. The lowest BCUT2D eigenvalue weighted by Crippen LogP contribution is -2.09. The van der Waals surface area contributed by atoms with Crippen molar-refractivity contribution in [2.75, 3.05) is 0 Å². The molecule has 1 unspecified atom stereocenters. The van der Waals surface area contributed by atoms with E-state index in [4.69, 9.17) is 23.2 Å². The van der Waals surface area contributed by atoms with Gasteiger partial charge in [-0.1, -0.05) is 11.6 Å². The van der Waals surface area contributed by atoms with Crippen molar-refractivity contribution in [2.45, 2.75) is 31.6 Å². The Hall–Kier alpha value is -0.270. The highest BCUT2D eigenvalue weighted by atomic mass is 35.5. The average Bonchev–Trinajstić information content (AvgIpc) is 2.14. The van der Waals surface area contributed by atoms with Crippen LogP contribution in [-0.4, -0.2) is 0 Å². The molecule has 76 valence electrons. The summed E-state index contributed by atoms with van der Waals surface area (Å²) in [6.07, 6.45) is 2.86. The maximum absolute atomic E-state index is 13.4. The number of hydrogen-bond donors (Lipinski definition) is 0. The fraction of sp³-hybridized carbons (Fsp3) is 0.455. The minimum atomic E-state index is -0.249. The molecule has 1 aliphatic carbocycles. The van der Waals surface area contributed by atoms with Crippen LogP contribution in [0, 0.1) is 12.7 Å². The van der Waals surface area contributed by atoms with E-state index in [1.807, 2.05) is 0 Å². The highest BCUT2D eigenvalue weighted by Gasteiger charge is 2.24. The molecule has 0 heterocycles. The minimum Gasteiger partial charge on any atom is -0.207 e. The molecule has 0 saturated heterocycles. The predicted octanol–water partition coefficient (Wildman–Crippen LogP) is 4.40. The molecule has 0 nitrogen and oxygen atoms in total. The second-order valence-corrected chi connectivity index (χ2v) is 4.65. The summed E-state index contributed by atoms with van der Waals surface area (Å²) < 4.78 is 13.4. The van der Waals surface area contributed by atoms with Crippen molar-refractivity contribution in [1.29, 1.82) is 0 Å². The van der Waals surface area contributed by atoms with E-state index >= 15 is 0 Å². The van der Waals surface area contributed by atoms with Crippen molar-refractivity contribution < 1.29 is 4.39 Å². The molecule has 14 heavy (non-hydrogen) atoms. The Morgan fingerprint density at radius 3 is 2.93 bits per heavy atom. The van der Waals surface area contributed by atoms with E-state index in [2.05, 4.69) is 0 Å². The molecule has 0 radical (unpaired) electrons. The predicted molar refractivity (Wildman–Crippen MR) is 57.7 cm³/mol. The maximum atomic E-state index is 13.4. The Kier molecular flexibility index (Phi) is 2.72. The lowest BCUT2D eigenvalue weighted by molar-refractivity contribution is 0.599. The van der Waals surface area contributed by atoms with Crippen LogP contribution in [0.2, 0.25) is 5.02 Å². The number of rotatable bonds is 0. The van der Waals surface area contributed by atoms with E-state index in [9.17, 15) is 4.39 Å². The molecule has 0 saturated carbocycles. The van der Waals surface area contributed by atoms with Crippen LogP contribution in [0.5, 0.6) is 0 Å². The third-order valence-corrected chi connectivity index (χ3v) is 3.60. The van der Waals surface area contributed by atoms with Crippen molar-refractivity contribution in [3.8, 4) is 0 Å². The van der Waals surface area contributed by atoms with Gasteiger partial charge in [0.2, 0.25) is 0 Å². The van der Waals surface area contributed by atoms with E-state index < -0.39 is 0 Å². The van der Waals surface area contributed by atoms with Crippen LogP contribution in [0.3, 0.4) is 0 Å². The Bertz CT molecular complexity index is 374. The van der Waals surface area contributed by atoms with Crippen LogP contribution in [0.15, 0.2) is 6.07 Å². The standard InChI is InChI=1S/C11H11Cl2F/c1-6-10(14)5-9(13)7-3-2-4-8(12)11(6)7/h5,8H,2-4H2,1H3. The summed E-state index contributed by atoms with van der Waals surface area (Å²) in [7, 11) is 0. The van der Waals surface area contributed by atoms with E-state index in [1.165, 1.54) is 6.07 Å². The molecule has 0 aromatic heterocycles. The molecule has 0 bridgehead atoms. The molecule has 3 heteroatoms. The van der Waals surface area contributed by atoms with Crippen LogP contribution < -0.4 is 0 Å². The molecule has 1 aromatic carbocycles. The number of hydrogen-bond acceptors (Lipinski definition) is 0. The van der Waals surface area contributed by atoms with E-state index in [-0.39, 0.29) is 11.2 Å². The van der Waals surface area contributed by atoms with Gasteiger partial charge in [0.15, 0.2) is 0 Å². The van der Waals surface area contributed by atoms with Gasteiger partial charge >= 0.3 is 0 Å². The van der Waals surface area contributed by atoms with Crippen LogP contribution in [0.25, 0.3) is 0 Å². The van der Waals surface area contributed by atoms with E-state index in [1.54, 1.807) is 6.92 Å². The minimum absolute atomic E-state index is 0.0769. The SMILES string of the molecule is Cc1c(F)cc(Cl)c2c1C(Cl)CCC2. The van der Waals surface area contributed by atoms with Crippen LogP contribution in [0.1, 0.15) is 34.9 Å². The molecule has 0 fully saturated rings. The number of halogens is 3. The highest BCUT2D eigenvalue weighted by molar-refractivity contribution is 6.31. The van der Waals surface area contributed by atoms with E-state index in [0.717, 1.165) is 30.4 Å². The van der Waals surface area contributed by atoms with Gasteiger partial charge in [-0.05, 0) is 48.9 Å². The average molecular weight is 233 g/mol. The molecular weight excluding hydrogens is 222 g/mol. The van der Waals surface area contributed by atoms with Crippen molar-refractivity contribution >= 4 is 23.2 Å². The second kappa shape index (κ2) is 3.71.